The average molecular weight is 402 g/mol. The molecule has 0 spiro atoms. The maximum atomic E-state index is 11.6. The van der Waals surface area contributed by atoms with Crippen molar-refractivity contribution in [3.05, 3.63) is 51.9 Å². The Morgan fingerprint density at radius 2 is 2.04 bits per heavy atom. The van der Waals surface area contributed by atoms with E-state index >= 15 is 0 Å². The summed E-state index contributed by atoms with van der Waals surface area (Å²) >= 11 is 9.25. The van der Waals surface area contributed by atoms with Crippen molar-refractivity contribution in [1.29, 1.82) is 0 Å². The van der Waals surface area contributed by atoms with Gasteiger partial charge in [0.2, 0.25) is 5.91 Å². The van der Waals surface area contributed by atoms with Crippen molar-refractivity contribution in [1.82, 2.24) is 10.6 Å². The van der Waals surface area contributed by atoms with Gasteiger partial charge in [-0.25, -0.2) is 0 Å². The van der Waals surface area contributed by atoms with Crippen molar-refractivity contribution in [2.24, 2.45) is 0 Å². The molecule has 0 aliphatic rings. The van der Waals surface area contributed by atoms with E-state index in [4.69, 9.17) is 20.8 Å². The number of hydrogen-bond donors (Lipinski definition) is 2. The van der Waals surface area contributed by atoms with E-state index in [0.29, 0.717) is 16.5 Å². The molecule has 0 saturated heterocycles. The lowest BCUT2D eigenvalue weighted by Crippen LogP contribution is -2.38. The fraction of sp³-hybridized carbons (Fsp3) is 0.200. The number of benzene rings is 1. The Morgan fingerprint density at radius 3 is 2.74 bits per heavy atom. The molecule has 1 heterocycles. The van der Waals surface area contributed by atoms with E-state index in [1.165, 1.54) is 6.26 Å². The van der Waals surface area contributed by atoms with Gasteiger partial charge in [-0.15, -0.1) is 0 Å². The molecular weight excluding hydrogens is 388 g/mol. The number of nitrogens with one attached hydrogen (secondary N) is 2. The minimum absolute atomic E-state index is 0.142. The van der Waals surface area contributed by atoms with Gasteiger partial charge in [-0.3, -0.25) is 9.59 Å². The van der Waals surface area contributed by atoms with E-state index < -0.39 is 5.91 Å². The standard InChI is InChI=1S/C15H14BrClN2O4/c16-10-3-4-13(12(17)6-10)23-9-15(21)19-8-14(20)18-7-11-2-1-5-22-11/h1-6H,7-9H2,(H,18,20)(H,19,21). The lowest BCUT2D eigenvalue weighted by Gasteiger charge is -2.09. The minimum atomic E-state index is -0.419. The highest BCUT2D eigenvalue weighted by molar-refractivity contribution is 9.10. The predicted molar refractivity (Wildman–Crippen MR) is 88.2 cm³/mol. The van der Waals surface area contributed by atoms with Crippen LogP contribution in [-0.2, 0) is 16.1 Å². The van der Waals surface area contributed by atoms with Crippen LogP contribution in [0.25, 0.3) is 0 Å². The molecule has 2 aromatic rings. The van der Waals surface area contributed by atoms with Crippen molar-refractivity contribution in [3.63, 3.8) is 0 Å². The first-order valence-electron chi connectivity index (χ1n) is 6.68. The molecule has 0 fully saturated rings. The number of rotatable bonds is 7. The van der Waals surface area contributed by atoms with Gasteiger partial charge >= 0.3 is 0 Å². The van der Waals surface area contributed by atoms with Crippen molar-refractivity contribution in [3.8, 4) is 5.75 Å². The van der Waals surface area contributed by atoms with Gasteiger partial charge in [0.25, 0.3) is 5.91 Å². The largest absolute Gasteiger partial charge is 0.482 e. The van der Waals surface area contributed by atoms with Crippen LogP contribution in [0.15, 0.2) is 45.5 Å². The fourth-order valence-electron chi connectivity index (χ4n) is 1.63. The van der Waals surface area contributed by atoms with Crippen LogP contribution in [0.5, 0.6) is 5.75 Å². The van der Waals surface area contributed by atoms with E-state index in [1.54, 1.807) is 30.3 Å². The number of amides is 2. The van der Waals surface area contributed by atoms with Gasteiger partial charge in [-0.2, -0.15) is 0 Å². The molecule has 0 bridgehead atoms. The third-order valence-electron chi connectivity index (χ3n) is 2.74. The van der Waals surface area contributed by atoms with Crippen LogP contribution < -0.4 is 15.4 Å². The summed E-state index contributed by atoms with van der Waals surface area (Å²) in [5.41, 5.74) is 0. The molecule has 0 saturated carbocycles. The maximum absolute atomic E-state index is 11.6. The van der Waals surface area contributed by atoms with Crippen LogP contribution in [0.4, 0.5) is 0 Å². The van der Waals surface area contributed by atoms with Gasteiger partial charge < -0.3 is 19.8 Å². The first kappa shape index (κ1) is 17.4. The molecule has 2 amide bonds. The van der Waals surface area contributed by atoms with Gasteiger partial charge in [0.1, 0.15) is 11.5 Å². The number of furan rings is 1. The summed E-state index contributed by atoms with van der Waals surface area (Å²) < 4.78 is 11.2. The molecule has 8 heteroatoms. The summed E-state index contributed by atoms with van der Waals surface area (Å²) in [7, 11) is 0. The summed E-state index contributed by atoms with van der Waals surface area (Å²) in [6, 6.07) is 8.54. The van der Waals surface area contributed by atoms with Crippen LogP contribution in [0.3, 0.4) is 0 Å². The molecule has 0 aliphatic heterocycles. The quantitative estimate of drug-likeness (QED) is 0.747. The molecule has 0 aliphatic carbocycles. The molecule has 23 heavy (non-hydrogen) atoms. The van der Waals surface area contributed by atoms with Gasteiger partial charge in [0.15, 0.2) is 6.61 Å². The SMILES string of the molecule is O=C(CNC(=O)COc1ccc(Br)cc1Cl)NCc1ccco1. The van der Waals surface area contributed by atoms with Gasteiger partial charge in [0.05, 0.1) is 24.4 Å². The Kier molecular flexibility index (Phi) is 6.49. The Balaban J connectivity index is 1.67. The normalized spacial score (nSPS) is 10.2. The van der Waals surface area contributed by atoms with Crippen LogP contribution >= 0.6 is 27.5 Å². The number of carbonyl (C=O) groups excluding carboxylic acids is 2. The first-order valence-corrected chi connectivity index (χ1v) is 7.85. The van der Waals surface area contributed by atoms with Crippen molar-refractivity contribution >= 4 is 39.3 Å². The van der Waals surface area contributed by atoms with E-state index in [0.717, 1.165) is 4.47 Å². The lowest BCUT2D eigenvalue weighted by molar-refractivity contribution is -0.127. The van der Waals surface area contributed by atoms with Crippen LogP contribution in [0, 0.1) is 0 Å². The zero-order valence-corrected chi connectivity index (χ0v) is 14.3. The number of carbonyl (C=O) groups is 2. The topological polar surface area (TPSA) is 80.6 Å². The molecule has 1 aromatic heterocycles. The minimum Gasteiger partial charge on any atom is -0.482 e. The Morgan fingerprint density at radius 1 is 1.22 bits per heavy atom. The molecule has 0 unspecified atom stereocenters. The summed E-state index contributed by atoms with van der Waals surface area (Å²) in [5, 5.41) is 5.46. The van der Waals surface area contributed by atoms with Gasteiger partial charge in [-0.05, 0) is 30.3 Å². The van der Waals surface area contributed by atoms with E-state index in [-0.39, 0.29) is 25.6 Å². The molecule has 1 aromatic carbocycles. The zero-order valence-electron chi connectivity index (χ0n) is 12.0. The second-order valence-corrected chi connectivity index (χ2v) is 5.82. The number of hydrogen-bond acceptors (Lipinski definition) is 4. The summed E-state index contributed by atoms with van der Waals surface area (Å²) in [6.45, 7) is -0.101. The zero-order chi connectivity index (χ0) is 16.7. The lowest BCUT2D eigenvalue weighted by atomic mass is 10.3. The number of halogens is 2. The summed E-state index contributed by atoms with van der Waals surface area (Å²) in [5.74, 6) is 0.290. The Bertz CT molecular complexity index is 676. The highest BCUT2D eigenvalue weighted by Gasteiger charge is 2.08. The summed E-state index contributed by atoms with van der Waals surface area (Å²) in [4.78, 5) is 23.2. The van der Waals surface area contributed by atoms with E-state index in [9.17, 15) is 9.59 Å². The van der Waals surface area contributed by atoms with E-state index in [2.05, 4.69) is 26.6 Å². The third kappa shape index (κ3) is 5.96. The molecule has 0 radical (unpaired) electrons. The maximum Gasteiger partial charge on any atom is 0.258 e. The monoisotopic (exact) mass is 400 g/mol. The predicted octanol–water partition coefficient (Wildman–Crippen LogP) is 2.51. The first-order chi connectivity index (χ1) is 11.0. The Labute approximate surface area is 146 Å². The van der Waals surface area contributed by atoms with Gasteiger partial charge in [-0.1, -0.05) is 27.5 Å². The molecule has 6 nitrogen and oxygen atoms in total. The van der Waals surface area contributed by atoms with Crippen LogP contribution in [0.1, 0.15) is 5.76 Å². The molecule has 0 atom stereocenters. The van der Waals surface area contributed by atoms with Crippen molar-refractivity contribution in [2.75, 3.05) is 13.2 Å². The average Bonchev–Trinajstić information content (AvgIpc) is 3.03. The second kappa shape index (κ2) is 8.59. The smallest absolute Gasteiger partial charge is 0.258 e. The van der Waals surface area contributed by atoms with Crippen LogP contribution in [0.2, 0.25) is 5.02 Å². The second-order valence-electron chi connectivity index (χ2n) is 4.50. The van der Waals surface area contributed by atoms with Gasteiger partial charge in [0, 0.05) is 4.47 Å². The third-order valence-corrected chi connectivity index (χ3v) is 3.53. The van der Waals surface area contributed by atoms with Crippen molar-refractivity contribution < 1.29 is 18.7 Å². The van der Waals surface area contributed by atoms with Crippen LogP contribution in [-0.4, -0.2) is 25.0 Å². The molecule has 2 N–H and O–H groups in total. The highest BCUT2D eigenvalue weighted by Crippen LogP contribution is 2.27. The molecule has 2 rings (SSSR count). The number of ether oxygens (including phenoxy) is 1. The summed E-state index contributed by atoms with van der Waals surface area (Å²) in [6.07, 6.45) is 1.52. The fourth-order valence-corrected chi connectivity index (χ4v) is 2.35. The Hall–Kier alpha value is -1.99. The molecule has 122 valence electrons. The highest BCUT2D eigenvalue weighted by atomic mass is 79.9. The van der Waals surface area contributed by atoms with E-state index in [1.807, 2.05) is 0 Å². The van der Waals surface area contributed by atoms with Crippen molar-refractivity contribution in [2.45, 2.75) is 6.54 Å². The molecular formula is C15H14BrClN2O4.